The summed E-state index contributed by atoms with van der Waals surface area (Å²) in [5.74, 6) is 0.0928. The molecule has 0 saturated heterocycles. The summed E-state index contributed by atoms with van der Waals surface area (Å²) in [6, 6.07) is 10.9. The van der Waals surface area contributed by atoms with E-state index in [1.165, 1.54) is 11.1 Å². The fraction of sp³-hybridized carbons (Fsp3) is 0.476. The number of carbonyl (C=O) groups excluding carboxylic acids is 1. The Kier molecular flexibility index (Phi) is 4.74. The number of fused-ring (bicyclic) bond motifs is 1. The van der Waals surface area contributed by atoms with E-state index >= 15 is 0 Å². The molecule has 1 amide bonds. The summed E-state index contributed by atoms with van der Waals surface area (Å²) in [4.78, 5) is 17.0. The number of hydrogen-bond donors (Lipinski definition) is 0. The lowest BCUT2D eigenvalue weighted by atomic mass is 9.94. The normalized spacial score (nSPS) is 18.0. The Labute approximate surface area is 151 Å². The third kappa shape index (κ3) is 3.79. The zero-order chi connectivity index (χ0) is 18.2. The van der Waals surface area contributed by atoms with Crippen LogP contribution >= 0.6 is 0 Å². The largest absolute Gasteiger partial charge is 0.348 e. The molecule has 0 fully saturated rings. The van der Waals surface area contributed by atoms with E-state index in [9.17, 15) is 4.79 Å². The number of benzene rings is 1. The van der Waals surface area contributed by atoms with Gasteiger partial charge in [-0.1, -0.05) is 24.3 Å². The van der Waals surface area contributed by atoms with Crippen molar-refractivity contribution in [3.63, 3.8) is 0 Å². The zero-order valence-corrected chi connectivity index (χ0v) is 16.0. The molecule has 0 unspecified atom stereocenters. The summed E-state index contributed by atoms with van der Waals surface area (Å²) in [6.07, 6.45) is 4.94. The molecule has 134 valence electrons. The highest BCUT2D eigenvalue weighted by molar-refractivity contribution is 5.93. The molecular formula is C21H29N3O. The topological polar surface area (TPSA) is 28.5 Å². The highest BCUT2D eigenvalue weighted by Gasteiger charge is 2.26. The smallest absolute Gasteiger partial charge is 0.255 e. The summed E-state index contributed by atoms with van der Waals surface area (Å²) >= 11 is 0. The van der Waals surface area contributed by atoms with Crippen LogP contribution in [0.5, 0.6) is 0 Å². The number of aromatic nitrogens is 1. The first-order valence-corrected chi connectivity index (χ1v) is 8.96. The van der Waals surface area contributed by atoms with Crippen LogP contribution in [0.4, 0.5) is 0 Å². The first kappa shape index (κ1) is 17.7. The summed E-state index contributed by atoms with van der Waals surface area (Å²) in [6.45, 7) is 8.10. The van der Waals surface area contributed by atoms with Crippen molar-refractivity contribution < 1.29 is 4.79 Å². The van der Waals surface area contributed by atoms with Crippen molar-refractivity contribution in [2.45, 2.75) is 45.3 Å². The number of hydrogen-bond acceptors (Lipinski definition) is 2. The molecule has 0 bridgehead atoms. The first-order valence-electron chi connectivity index (χ1n) is 8.96. The molecule has 3 rings (SSSR count). The van der Waals surface area contributed by atoms with Gasteiger partial charge in [-0.3, -0.25) is 9.69 Å². The second-order valence-corrected chi connectivity index (χ2v) is 8.21. The number of nitrogens with zero attached hydrogens (tertiary/aromatic N) is 3. The van der Waals surface area contributed by atoms with E-state index in [0.29, 0.717) is 6.04 Å². The summed E-state index contributed by atoms with van der Waals surface area (Å²) in [5.41, 5.74) is 3.56. The molecule has 1 aromatic carbocycles. The van der Waals surface area contributed by atoms with Crippen LogP contribution in [-0.4, -0.2) is 47.0 Å². The van der Waals surface area contributed by atoms with Crippen LogP contribution in [0.15, 0.2) is 42.7 Å². The molecule has 4 nitrogen and oxygen atoms in total. The lowest BCUT2D eigenvalue weighted by Crippen LogP contribution is -2.46. The zero-order valence-electron chi connectivity index (χ0n) is 16.0. The fourth-order valence-corrected chi connectivity index (χ4v) is 3.48. The lowest BCUT2D eigenvalue weighted by molar-refractivity contribution is 0.0733. The number of amides is 1. The Bertz CT molecular complexity index is 756. The van der Waals surface area contributed by atoms with Gasteiger partial charge >= 0.3 is 0 Å². The van der Waals surface area contributed by atoms with Crippen molar-refractivity contribution in [2.24, 2.45) is 0 Å². The molecule has 1 aromatic heterocycles. The Morgan fingerprint density at radius 1 is 1.20 bits per heavy atom. The van der Waals surface area contributed by atoms with Crippen LogP contribution in [0.25, 0.3) is 0 Å². The van der Waals surface area contributed by atoms with Gasteiger partial charge in [0.05, 0.1) is 5.56 Å². The van der Waals surface area contributed by atoms with Gasteiger partial charge in [0, 0.05) is 44.1 Å². The predicted molar refractivity (Wildman–Crippen MR) is 102 cm³/mol. The van der Waals surface area contributed by atoms with Gasteiger partial charge in [-0.2, -0.15) is 0 Å². The predicted octanol–water partition coefficient (Wildman–Crippen LogP) is 3.37. The van der Waals surface area contributed by atoms with Crippen molar-refractivity contribution in [3.05, 3.63) is 59.4 Å². The molecule has 2 aromatic rings. The Balaban J connectivity index is 1.69. The SMILES string of the molecule is CN(C[C@@H]1Cc2ccccc2CN1C)C(=O)c1ccn(C(C)(C)C)c1. The Morgan fingerprint density at radius 2 is 1.88 bits per heavy atom. The Hall–Kier alpha value is -2.07. The van der Waals surface area contributed by atoms with Crippen LogP contribution in [0.2, 0.25) is 0 Å². The Morgan fingerprint density at radius 3 is 2.52 bits per heavy atom. The first-order chi connectivity index (χ1) is 11.8. The average molecular weight is 339 g/mol. The molecule has 25 heavy (non-hydrogen) atoms. The van der Waals surface area contributed by atoms with Crippen molar-refractivity contribution in [1.82, 2.24) is 14.4 Å². The van der Waals surface area contributed by atoms with Crippen LogP contribution < -0.4 is 0 Å². The maximum Gasteiger partial charge on any atom is 0.255 e. The molecule has 1 aliphatic rings. The van der Waals surface area contributed by atoms with E-state index in [4.69, 9.17) is 0 Å². The van der Waals surface area contributed by atoms with Gasteiger partial charge in [0.2, 0.25) is 0 Å². The maximum atomic E-state index is 12.8. The van der Waals surface area contributed by atoms with Crippen molar-refractivity contribution in [1.29, 1.82) is 0 Å². The molecule has 0 N–H and O–H groups in total. The third-order valence-electron chi connectivity index (χ3n) is 5.16. The second-order valence-electron chi connectivity index (χ2n) is 8.21. The monoisotopic (exact) mass is 339 g/mol. The summed E-state index contributed by atoms with van der Waals surface area (Å²) in [5, 5.41) is 0. The summed E-state index contributed by atoms with van der Waals surface area (Å²) in [7, 11) is 4.06. The molecule has 2 heterocycles. The van der Waals surface area contributed by atoms with Gasteiger partial charge in [0.1, 0.15) is 0 Å². The van der Waals surface area contributed by atoms with E-state index in [2.05, 4.69) is 61.6 Å². The molecule has 4 heteroatoms. The van der Waals surface area contributed by atoms with Crippen molar-refractivity contribution >= 4 is 5.91 Å². The second kappa shape index (κ2) is 6.68. The molecule has 1 aliphatic heterocycles. The van der Waals surface area contributed by atoms with Crippen molar-refractivity contribution in [2.75, 3.05) is 20.6 Å². The number of carbonyl (C=O) groups is 1. The maximum absolute atomic E-state index is 12.8. The van der Waals surface area contributed by atoms with E-state index in [-0.39, 0.29) is 11.4 Å². The minimum atomic E-state index is -0.00952. The van der Waals surface area contributed by atoms with Crippen LogP contribution in [-0.2, 0) is 18.5 Å². The highest BCUT2D eigenvalue weighted by atomic mass is 16.2. The van der Waals surface area contributed by atoms with Crippen molar-refractivity contribution in [3.8, 4) is 0 Å². The quantitative estimate of drug-likeness (QED) is 0.858. The third-order valence-corrected chi connectivity index (χ3v) is 5.16. The van der Waals surface area contributed by atoms with Gasteiger partial charge < -0.3 is 9.47 Å². The molecule has 0 radical (unpaired) electrons. The van der Waals surface area contributed by atoms with Gasteiger partial charge in [-0.25, -0.2) is 0 Å². The number of likely N-dealkylation sites (N-methyl/N-ethyl adjacent to an activating group) is 2. The molecule has 0 spiro atoms. The minimum absolute atomic E-state index is 0.00952. The van der Waals surface area contributed by atoms with Gasteiger partial charge in [0.25, 0.3) is 5.91 Å². The molecule has 0 saturated carbocycles. The van der Waals surface area contributed by atoms with Gasteiger partial charge in [-0.15, -0.1) is 0 Å². The minimum Gasteiger partial charge on any atom is -0.348 e. The standard InChI is InChI=1S/C21H29N3O/c1-21(2,3)24-11-10-18(14-24)20(25)23(5)15-19-12-16-8-6-7-9-17(16)13-22(19)4/h6-11,14,19H,12-13,15H2,1-5H3/t19-/m0/s1. The van der Waals surface area contributed by atoms with E-state index in [1.807, 2.05) is 30.4 Å². The highest BCUT2D eigenvalue weighted by Crippen LogP contribution is 2.23. The number of rotatable bonds is 3. The average Bonchev–Trinajstić information content (AvgIpc) is 3.05. The van der Waals surface area contributed by atoms with E-state index in [1.54, 1.807) is 0 Å². The van der Waals surface area contributed by atoms with E-state index in [0.717, 1.165) is 25.1 Å². The van der Waals surface area contributed by atoms with Crippen LogP contribution in [0.1, 0.15) is 42.3 Å². The van der Waals surface area contributed by atoms with Crippen LogP contribution in [0.3, 0.4) is 0 Å². The van der Waals surface area contributed by atoms with E-state index < -0.39 is 0 Å². The summed E-state index contributed by atoms with van der Waals surface area (Å²) < 4.78 is 2.09. The molecular weight excluding hydrogens is 310 g/mol. The fourth-order valence-electron chi connectivity index (χ4n) is 3.48. The lowest BCUT2D eigenvalue weighted by Gasteiger charge is -2.36. The van der Waals surface area contributed by atoms with Crippen LogP contribution in [0, 0.1) is 0 Å². The molecule has 0 aliphatic carbocycles. The van der Waals surface area contributed by atoms with Gasteiger partial charge in [0.15, 0.2) is 0 Å². The van der Waals surface area contributed by atoms with Gasteiger partial charge in [-0.05, 0) is 51.4 Å². The molecule has 1 atom stereocenters.